The van der Waals surface area contributed by atoms with E-state index in [-0.39, 0.29) is 12.1 Å². The van der Waals surface area contributed by atoms with E-state index in [4.69, 9.17) is 18.9 Å². The van der Waals surface area contributed by atoms with Gasteiger partial charge in [0.2, 0.25) is 5.75 Å². The fraction of sp³-hybridized carbons (Fsp3) is 0.452. The first-order chi connectivity index (χ1) is 19.5. The molecule has 2 aliphatic heterocycles. The van der Waals surface area contributed by atoms with E-state index in [9.17, 15) is 13.6 Å². The zero-order valence-electron chi connectivity index (χ0n) is 24.5. The molecule has 0 spiro atoms. The van der Waals surface area contributed by atoms with Gasteiger partial charge in [-0.25, -0.2) is 13.6 Å². The van der Waals surface area contributed by atoms with Gasteiger partial charge in [-0.2, -0.15) is 0 Å². The van der Waals surface area contributed by atoms with E-state index in [1.54, 1.807) is 32.3 Å². The topological polar surface area (TPSA) is 72.5 Å². The minimum atomic E-state index is -0.924. The average molecular weight is 572 g/mol. The molecular weight excluding hydrogens is 532 g/mol. The van der Waals surface area contributed by atoms with Gasteiger partial charge >= 0.3 is 6.09 Å². The highest BCUT2D eigenvalue weighted by Gasteiger charge is 2.38. The largest absolute Gasteiger partial charge is 0.493 e. The Kier molecular flexibility index (Phi) is 8.99. The van der Waals surface area contributed by atoms with E-state index in [0.29, 0.717) is 55.4 Å². The lowest BCUT2D eigenvalue weighted by Crippen LogP contribution is -2.54. The van der Waals surface area contributed by atoms with Crippen molar-refractivity contribution in [2.45, 2.75) is 50.8 Å². The number of methoxy groups -OCH3 is 3. The lowest BCUT2D eigenvalue weighted by molar-refractivity contribution is 0.0204. The number of anilines is 1. The van der Waals surface area contributed by atoms with E-state index in [1.165, 1.54) is 6.07 Å². The number of piperidine rings is 1. The van der Waals surface area contributed by atoms with Crippen LogP contribution >= 0.6 is 0 Å². The summed E-state index contributed by atoms with van der Waals surface area (Å²) in [5.41, 5.74) is -0.0257. The van der Waals surface area contributed by atoms with E-state index < -0.39 is 22.8 Å². The van der Waals surface area contributed by atoms with Gasteiger partial charge in [0.05, 0.1) is 26.9 Å². The molecule has 0 aromatic heterocycles. The fourth-order valence-corrected chi connectivity index (χ4v) is 5.28. The molecule has 2 aromatic rings. The number of rotatable bonds is 8. The van der Waals surface area contributed by atoms with E-state index in [2.05, 4.69) is 10.2 Å². The van der Waals surface area contributed by atoms with Crippen molar-refractivity contribution in [1.82, 2.24) is 10.2 Å². The molecule has 1 N–H and O–H groups in total. The molecule has 1 fully saturated rings. The molecule has 41 heavy (non-hydrogen) atoms. The van der Waals surface area contributed by atoms with E-state index >= 15 is 0 Å². The van der Waals surface area contributed by atoms with Gasteiger partial charge in [-0.05, 0) is 75.7 Å². The second-order valence-electron chi connectivity index (χ2n) is 11.2. The van der Waals surface area contributed by atoms with Crippen LogP contribution < -0.4 is 24.4 Å². The number of halogens is 2. The van der Waals surface area contributed by atoms with Crippen LogP contribution in [-0.2, 0) is 10.3 Å². The third kappa shape index (κ3) is 6.69. The number of amides is 1. The summed E-state index contributed by atoms with van der Waals surface area (Å²) in [5, 5.41) is 3.49. The normalized spacial score (nSPS) is 19.0. The molecule has 2 heterocycles. The lowest BCUT2D eigenvalue weighted by atomic mass is 9.85. The second-order valence-corrected chi connectivity index (χ2v) is 11.2. The number of nitrogens with one attached hydrogen (secondary N) is 1. The van der Waals surface area contributed by atoms with Gasteiger partial charge in [0, 0.05) is 37.4 Å². The Hall–Kier alpha value is -3.95. The molecule has 0 radical (unpaired) electrons. The maximum Gasteiger partial charge on any atom is 0.410 e. The number of ether oxygens (including phenoxy) is 4. The number of carbonyl (C=O) groups excluding carboxylic acids is 1. The zero-order valence-corrected chi connectivity index (χ0v) is 24.5. The van der Waals surface area contributed by atoms with Crippen molar-refractivity contribution in [2.24, 2.45) is 0 Å². The summed E-state index contributed by atoms with van der Waals surface area (Å²) in [6, 6.07) is 7.64. The SMILES string of the molecule is COc1cc(C2(CN(c3ccc(F)c(F)c3)C3CCN(C(=O)OC(C)(C)C)CC3)C=CC=CN2)cc(OC)c1OC. The van der Waals surface area contributed by atoms with Gasteiger partial charge in [0.15, 0.2) is 23.1 Å². The van der Waals surface area contributed by atoms with Crippen LogP contribution in [0.3, 0.4) is 0 Å². The highest BCUT2D eigenvalue weighted by molar-refractivity contribution is 5.68. The van der Waals surface area contributed by atoms with Gasteiger partial charge in [-0.1, -0.05) is 12.2 Å². The van der Waals surface area contributed by atoms with Crippen LogP contribution in [0.1, 0.15) is 39.2 Å². The summed E-state index contributed by atoms with van der Waals surface area (Å²) >= 11 is 0. The average Bonchev–Trinajstić information content (AvgIpc) is 2.96. The van der Waals surface area contributed by atoms with Crippen LogP contribution in [0.15, 0.2) is 54.8 Å². The Morgan fingerprint density at radius 2 is 1.66 bits per heavy atom. The monoisotopic (exact) mass is 571 g/mol. The molecule has 0 bridgehead atoms. The van der Waals surface area contributed by atoms with Crippen molar-refractivity contribution >= 4 is 11.8 Å². The summed E-state index contributed by atoms with van der Waals surface area (Å²) in [5.74, 6) is -0.373. The number of likely N-dealkylation sites (tertiary alicyclic amines) is 1. The Morgan fingerprint density at radius 3 is 2.17 bits per heavy atom. The van der Waals surface area contributed by atoms with Crippen molar-refractivity contribution in [3.63, 3.8) is 0 Å². The number of benzene rings is 2. The highest BCUT2D eigenvalue weighted by atomic mass is 19.2. The first-order valence-corrected chi connectivity index (χ1v) is 13.6. The molecule has 0 saturated carbocycles. The Bertz CT molecular complexity index is 1280. The molecule has 0 aliphatic carbocycles. The number of dihydropyridines is 1. The smallest absolute Gasteiger partial charge is 0.410 e. The summed E-state index contributed by atoms with van der Waals surface area (Å²) in [7, 11) is 4.67. The summed E-state index contributed by atoms with van der Waals surface area (Å²) in [6.45, 7) is 6.81. The van der Waals surface area contributed by atoms with Crippen molar-refractivity contribution in [3.8, 4) is 17.2 Å². The molecule has 2 aromatic carbocycles. The third-order valence-corrected chi connectivity index (χ3v) is 7.32. The van der Waals surface area contributed by atoms with E-state index in [0.717, 1.165) is 11.6 Å². The minimum absolute atomic E-state index is 0.0708. The van der Waals surface area contributed by atoms with Crippen molar-refractivity contribution in [3.05, 3.63) is 72.0 Å². The standard InChI is InChI=1S/C31H39F2N3O5/c1-30(2,3)41-29(37)35-15-11-22(12-16-35)36(23-9-10-24(32)25(33)19-23)20-31(13-7-8-14-34-31)21-17-26(38-4)28(40-6)27(18-21)39-5/h7-10,13-14,17-19,22,34H,11-12,15-16,20H2,1-6H3. The molecule has 222 valence electrons. The number of allylic oxidation sites excluding steroid dienone is 2. The molecule has 1 unspecified atom stereocenters. The van der Waals surface area contributed by atoms with Gasteiger partial charge < -0.3 is 34.1 Å². The second kappa shape index (κ2) is 12.3. The molecule has 8 nitrogen and oxygen atoms in total. The Balaban J connectivity index is 1.72. The number of nitrogens with zero attached hydrogens (tertiary/aromatic N) is 2. The summed E-state index contributed by atoms with van der Waals surface area (Å²) in [6.07, 6.45) is 8.57. The molecule has 1 atom stereocenters. The number of hydrogen-bond donors (Lipinski definition) is 1. The van der Waals surface area contributed by atoms with Gasteiger partial charge in [-0.3, -0.25) is 0 Å². The van der Waals surface area contributed by atoms with Crippen molar-refractivity contribution in [2.75, 3.05) is 45.9 Å². The molecule has 1 amide bonds. The minimum Gasteiger partial charge on any atom is -0.493 e. The first kappa shape index (κ1) is 30.0. The van der Waals surface area contributed by atoms with Crippen LogP contribution in [0.5, 0.6) is 17.2 Å². The van der Waals surface area contributed by atoms with Crippen LogP contribution in [0, 0.1) is 11.6 Å². The molecule has 2 aliphatic rings. The zero-order chi connectivity index (χ0) is 29.8. The van der Waals surface area contributed by atoms with Gasteiger partial charge in [0.25, 0.3) is 0 Å². The predicted octanol–water partition coefficient (Wildman–Crippen LogP) is 5.77. The molecule has 4 rings (SSSR count). The van der Waals surface area contributed by atoms with Gasteiger partial charge in [-0.15, -0.1) is 0 Å². The number of hydrogen-bond acceptors (Lipinski definition) is 7. The molecule has 10 heteroatoms. The Labute approximate surface area is 240 Å². The van der Waals surface area contributed by atoms with Crippen LogP contribution in [0.2, 0.25) is 0 Å². The quantitative estimate of drug-likeness (QED) is 0.432. The summed E-state index contributed by atoms with van der Waals surface area (Å²) < 4.78 is 50.9. The van der Waals surface area contributed by atoms with Crippen molar-refractivity contribution in [1.29, 1.82) is 0 Å². The fourth-order valence-electron chi connectivity index (χ4n) is 5.28. The molecule has 1 saturated heterocycles. The van der Waals surface area contributed by atoms with Crippen LogP contribution in [0.25, 0.3) is 0 Å². The van der Waals surface area contributed by atoms with Gasteiger partial charge in [0.1, 0.15) is 5.60 Å². The summed E-state index contributed by atoms with van der Waals surface area (Å²) in [4.78, 5) is 16.5. The highest BCUT2D eigenvalue weighted by Crippen LogP contribution is 2.43. The van der Waals surface area contributed by atoms with Crippen LogP contribution in [0.4, 0.5) is 19.3 Å². The van der Waals surface area contributed by atoms with Crippen molar-refractivity contribution < 1.29 is 32.5 Å². The maximum absolute atomic E-state index is 14.6. The van der Waals surface area contributed by atoms with Crippen LogP contribution in [-0.4, -0.2) is 63.6 Å². The maximum atomic E-state index is 14.6. The number of carbonyl (C=O) groups is 1. The third-order valence-electron chi connectivity index (χ3n) is 7.32. The molecular formula is C31H39F2N3O5. The first-order valence-electron chi connectivity index (χ1n) is 13.6. The predicted molar refractivity (Wildman–Crippen MR) is 154 cm³/mol. The lowest BCUT2D eigenvalue weighted by Gasteiger charge is -2.45. The van der Waals surface area contributed by atoms with E-state index in [1.807, 2.05) is 57.3 Å². The Morgan fingerprint density at radius 1 is 1.00 bits per heavy atom.